The molecule has 0 aromatic rings. The van der Waals surface area contributed by atoms with E-state index >= 15 is 0 Å². The topological polar surface area (TPSA) is 73.3 Å². The molecule has 64 valence electrons. The summed E-state index contributed by atoms with van der Waals surface area (Å²) in [7, 11) is 0. The predicted octanol–water partition coefficient (Wildman–Crippen LogP) is -0.621. The van der Waals surface area contributed by atoms with Gasteiger partial charge < -0.3 is 10.8 Å². The van der Waals surface area contributed by atoms with Crippen molar-refractivity contribution in [1.29, 1.82) is 5.41 Å². The van der Waals surface area contributed by atoms with Crippen molar-refractivity contribution in [3.05, 3.63) is 0 Å². The van der Waals surface area contributed by atoms with Crippen molar-refractivity contribution in [2.45, 2.75) is 18.9 Å². The molecule has 0 atom stereocenters. The van der Waals surface area contributed by atoms with Gasteiger partial charge in [0.15, 0.2) is 0 Å². The third-order valence-corrected chi connectivity index (χ3v) is 1.95. The number of aliphatic hydroxyl groups excluding tert-OH is 1. The molecular weight excluding hydrogens is 142 g/mol. The Balaban J connectivity index is 2.22. The number of piperidine rings is 1. The third kappa shape index (κ3) is 2.86. The van der Waals surface area contributed by atoms with Crippen LogP contribution in [0.2, 0.25) is 0 Å². The van der Waals surface area contributed by atoms with E-state index in [9.17, 15) is 0 Å². The van der Waals surface area contributed by atoms with Crippen molar-refractivity contribution in [3.8, 4) is 0 Å². The van der Waals surface area contributed by atoms with Gasteiger partial charge in [-0.1, -0.05) is 0 Å². The molecule has 0 bridgehead atoms. The van der Waals surface area contributed by atoms with Crippen LogP contribution in [0.25, 0.3) is 0 Å². The highest BCUT2D eigenvalue weighted by Crippen LogP contribution is 2.08. The number of nitrogens with two attached hydrogens (primary N) is 1. The molecular formula is C7H15N3O. The van der Waals surface area contributed by atoms with Crippen molar-refractivity contribution >= 4 is 5.84 Å². The number of rotatable bonds is 2. The highest BCUT2D eigenvalue weighted by Gasteiger charge is 2.16. The van der Waals surface area contributed by atoms with Crippen LogP contribution in [0.1, 0.15) is 12.8 Å². The predicted molar refractivity (Wildman–Crippen MR) is 43.6 cm³/mol. The molecule has 1 fully saturated rings. The lowest BCUT2D eigenvalue weighted by Crippen LogP contribution is -2.40. The van der Waals surface area contributed by atoms with E-state index in [1.807, 2.05) is 0 Å². The number of aliphatic hydroxyl groups is 1. The minimum atomic E-state index is -0.141. The van der Waals surface area contributed by atoms with Crippen LogP contribution in [-0.2, 0) is 0 Å². The Bertz CT molecular complexity index is 141. The summed E-state index contributed by atoms with van der Waals surface area (Å²) >= 11 is 0. The maximum absolute atomic E-state index is 9.15. The average molecular weight is 157 g/mol. The van der Waals surface area contributed by atoms with Crippen molar-refractivity contribution in [1.82, 2.24) is 4.90 Å². The van der Waals surface area contributed by atoms with Crippen LogP contribution in [0.5, 0.6) is 0 Å². The van der Waals surface area contributed by atoms with E-state index in [2.05, 4.69) is 4.90 Å². The molecule has 1 saturated heterocycles. The Morgan fingerprint density at radius 1 is 1.55 bits per heavy atom. The summed E-state index contributed by atoms with van der Waals surface area (Å²) in [6.07, 6.45) is 1.49. The number of hydrogen-bond donors (Lipinski definition) is 3. The van der Waals surface area contributed by atoms with Crippen LogP contribution in [0.3, 0.4) is 0 Å². The molecule has 0 amide bonds. The van der Waals surface area contributed by atoms with E-state index in [4.69, 9.17) is 16.2 Å². The molecule has 1 aliphatic heterocycles. The molecule has 0 aromatic carbocycles. The Morgan fingerprint density at radius 2 is 2.09 bits per heavy atom. The quantitative estimate of drug-likeness (QED) is 0.369. The Hall–Kier alpha value is -0.610. The SMILES string of the molecule is N=C(N)CN1CCC(O)CC1. The summed E-state index contributed by atoms with van der Waals surface area (Å²) in [5.41, 5.74) is 5.24. The fourth-order valence-electron chi connectivity index (χ4n) is 1.32. The Labute approximate surface area is 66.5 Å². The second-order valence-electron chi connectivity index (χ2n) is 3.03. The third-order valence-electron chi connectivity index (χ3n) is 1.95. The first kappa shape index (κ1) is 8.49. The van der Waals surface area contributed by atoms with Crippen LogP contribution in [0, 0.1) is 5.41 Å². The van der Waals surface area contributed by atoms with E-state index < -0.39 is 0 Å². The molecule has 1 heterocycles. The summed E-state index contributed by atoms with van der Waals surface area (Å²) in [6, 6.07) is 0. The first-order chi connectivity index (χ1) is 5.18. The summed E-state index contributed by atoms with van der Waals surface area (Å²) in [5, 5.41) is 16.2. The van der Waals surface area contributed by atoms with Gasteiger partial charge in [-0.25, -0.2) is 0 Å². The van der Waals surface area contributed by atoms with Gasteiger partial charge >= 0.3 is 0 Å². The zero-order valence-electron chi connectivity index (χ0n) is 6.58. The second-order valence-corrected chi connectivity index (χ2v) is 3.03. The summed E-state index contributed by atoms with van der Waals surface area (Å²) < 4.78 is 0. The number of nitrogens with one attached hydrogen (secondary N) is 1. The first-order valence-electron chi connectivity index (χ1n) is 3.92. The average Bonchev–Trinajstić information content (AvgIpc) is 1.93. The fourth-order valence-corrected chi connectivity index (χ4v) is 1.32. The number of hydrogen-bond acceptors (Lipinski definition) is 3. The molecule has 11 heavy (non-hydrogen) atoms. The molecule has 4 heteroatoms. The molecule has 0 radical (unpaired) electrons. The summed E-state index contributed by atoms with van der Waals surface area (Å²) in [5.74, 6) is 0.210. The van der Waals surface area contributed by atoms with Gasteiger partial charge in [-0.2, -0.15) is 0 Å². The van der Waals surface area contributed by atoms with Gasteiger partial charge in [0.25, 0.3) is 0 Å². The number of likely N-dealkylation sites (tertiary alicyclic amines) is 1. The van der Waals surface area contributed by atoms with Gasteiger partial charge in [-0.15, -0.1) is 0 Å². The molecule has 1 rings (SSSR count). The minimum absolute atomic E-state index is 0.141. The largest absolute Gasteiger partial charge is 0.393 e. The zero-order chi connectivity index (χ0) is 8.27. The van der Waals surface area contributed by atoms with Crippen molar-refractivity contribution in [2.24, 2.45) is 5.73 Å². The minimum Gasteiger partial charge on any atom is -0.393 e. The zero-order valence-corrected chi connectivity index (χ0v) is 6.58. The molecule has 0 unspecified atom stereocenters. The molecule has 0 spiro atoms. The van der Waals surface area contributed by atoms with E-state index in [1.54, 1.807) is 0 Å². The van der Waals surface area contributed by atoms with Gasteiger partial charge in [0.2, 0.25) is 0 Å². The molecule has 0 aromatic heterocycles. The van der Waals surface area contributed by atoms with E-state index in [0.29, 0.717) is 6.54 Å². The van der Waals surface area contributed by atoms with Crippen LogP contribution >= 0.6 is 0 Å². The van der Waals surface area contributed by atoms with Crippen molar-refractivity contribution in [2.75, 3.05) is 19.6 Å². The molecule has 1 aliphatic rings. The number of amidine groups is 1. The van der Waals surface area contributed by atoms with E-state index in [0.717, 1.165) is 25.9 Å². The van der Waals surface area contributed by atoms with Gasteiger partial charge in [0.05, 0.1) is 12.6 Å². The lowest BCUT2D eigenvalue weighted by atomic mass is 10.1. The monoisotopic (exact) mass is 157 g/mol. The normalized spacial score (nSPS) is 21.9. The van der Waals surface area contributed by atoms with Crippen molar-refractivity contribution < 1.29 is 5.11 Å². The molecule has 4 N–H and O–H groups in total. The highest BCUT2D eigenvalue weighted by molar-refractivity contribution is 5.78. The van der Waals surface area contributed by atoms with Crippen LogP contribution in [-0.4, -0.2) is 41.6 Å². The van der Waals surface area contributed by atoms with Gasteiger partial charge in [-0.05, 0) is 12.8 Å². The highest BCUT2D eigenvalue weighted by atomic mass is 16.3. The van der Waals surface area contributed by atoms with Crippen LogP contribution in [0.15, 0.2) is 0 Å². The molecule has 0 aliphatic carbocycles. The molecule has 0 saturated carbocycles. The maximum Gasteiger partial charge on any atom is 0.105 e. The van der Waals surface area contributed by atoms with E-state index in [-0.39, 0.29) is 11.9 Å². The lowest BCUT2D eigenvalue weighted by molar-refractivity contribution is 0.0895. The Morgan fingerprint density at radius 3 is 2.55 bits per heavy atom. The second kappa shape index (κ2) is 3.69. The van der Waals surface area contributed by atoms with E-state index in [1.165, 1.54) is 0 Å². The smallest absolute Gasteiger partial charge is 0.105 e. The standard InChI is InChI=1S/C7H15N3O/c8-7(9)5-10-3-1-6(11)2-4-10/h6,11H,1-5H2,(H3,8,9). The Kier molecular flexibility index (Phi) is 2.84. The van der Waals surface area contributed by atoms with Crippen LogP contribution in [0.4, 0.5) is 0 Å². The first-order valence-corrected chi connectivity index (χ1v) is 3.92. The fraction of sp³-hybridized carbons (Fsp3) is 0.857. The summed E-state index contributed by atoms with van der Waals surface area (Å²) in [4.78, 5) is 2.09. The van der Waals surface area contributed by atoms with Crippen molar-refractivity contribution in [3.63, 3.8) is 0 Å². The van der Waals surface area contributed by atoms with Gasteiger partial charge in [0.1, 0.15) is 5.84 Å². The maximum atomic E-state index is 9.15. The summed E-state index contributed by atoms with van der Waals surface area (Å²) in [6.45, 7) is 2.27. The number of nitrogens with zero attached hydrogens (tertiary/aromatic N) is 1. The van der Waals surface area contributed by atoms with Gasteiger partial charge in [-0.3, -0.25) is 10.3 Å². The van der Waals surface area contributed by atoms with Crippen LogP contribution < -0.4 is 5.73 Å². The lowest BCUT2D eigenvalue weighted by Gasteiger charge is -2.28. The van der Waals surface area contributed by atoms with Gasteiger partial charge in [0, 0.05) is 13.1 Å². The molecule has 4 nitrogen and oxygen atoms in total.